The fraction of sp³-hybridized carbons (Fsp3) is 0.493. The molecule has 504 valence electrons. The van der Waals surface area contributed by atoms with Gasteiger partial charge in [0.25, 0.3) is 0 Å². The van der Waals surface area contributed by atoms with Crippen molar-refractivity contribution in [1.82, 2.24) is 84.7 Å². The van der Waals surface area contributed by atoms with Crippen molar-refractivity contribution in [2.24, 2.45) is 0 Å². The summed E-state index contributed by atoms with van der Waals surface area (Å²) in [6.07, 6.45) is 24.7. The van der Waals surface area contributed by atoms with E-state index in [1.807, 2.05) is 298 Å². The van der Waals surface area contributed by atoms with Gasteiger partial charge in [-0.15, -0.1) is 0 Å². The molecular formula is C73H127N17. The van der Waals surface area contributed by atoms with Crippen LogP contribution in [-0.4, -0.2) is 84.7 Å². The lowest BCUT2D eigenvalue weighted by molar-refractivity contribution is 1.01. The summed E-state index contributed by atoms with van der Waals surface area (Å²) in [4.78, 5) is 67.8. The molecule has 9 rings (SSSR count). The second-order valence-corrected chi connectivity index (χ2v) is 16.3. The van der Waals surface area contributed by atoms with Crippen molar-refractivity contribution in [3.63, 3.8) is 0 Å². The van der Waals surface area contributed by atoms with Gasteiger partial charge in [-0.2, -0.15) is 0 Å². The summed E-state index contributed by atoms with van der Waals surface area (Å²) >= 11 is 0. The lowest BCUT2D eigenvalue weighted by Gasteiger charge is -1.90. The number of nitrogens with zero attached hydrogens (tertiary/aromatic N) is 17. The van der Waals surface area contributed by atoms with E-state index >= 15 is 0 Å². The number of hydrogen-bond donors (Lipinski definition) is 0. The van der Waals surface area contributed by atoms with Gasteiger partial charge in [-0.05, 0) is 172 Å². The smallest absolute Gasteiger partial charge is 0.125 e. The number of hydrogen-bond acceptors (Lipinski definition) is 17. The van der Waals surface area contributed by atoms with E-state index in [9.17, 15) is 0 Å². The maximum atomic E-state index is 4.11. The molecule has 0 fully saturated rings. The van der Waals surface area contributed by atoms with Crippen LogP contribution in [0.3, 0.4) is 0 Å². The molecule has 0 aliphatic heterocycles. The van der Waals surface area contributed by atoms with Crippen LogP contribution < -0.4 is 0 Å². The Morgan fingerprint density at radius 3 is 0.633 bits per heavy atom. The number of pyridine rings is 1. The minimum atomic E-state index is 0.829. The van der Waals surface area contributed by atoms with Crippen molar-refractivity contribution in [2.45, 2.75) is 249 Å². The standard InChI is InChI=1S/C7H9N.8C6H8N2.9C2H6/c1-6-3-4-8-7(2)5-6;2*1-5-3-8-6(2)4-7-5;1-5-3-7-4-6(2)8-5;1-5-3-6(2)8-4-7-5;2*1-5-3-7-6(2)8-4-5;2*1-5-3-4-7-6(2)8-5;9*1-2/h3-5H,1-2H3;8*3-4H,1-2H3;9*1-2H3. The molecule has 0 unspecified atom stereocenters. The van der Waals surface area contributed by atoms with Crippen molar-refractivity contribution >= 4 is 0 Å². The van der Waals surface area contributed by atoms with E-state index < -0.39 is 0 Å². The maximum Gasteiger partial charge on any atom is 0.125 e. The van der Waals surface area contributed by atoms with Crippen LogP contribution in [0.1, 0.15) is 227 Å². The Morgan fingerprint density at radius 1 is 0.189 bits per heavy atom. The van der Waals surface area contributed by atoms with E-state index in [0.29, 0.717) is 0 Å². The van der Waals surface area contributed by atoms with Gasteiger partial charge in [0.15, 0.2) is 0 Å². The predicted molar refractivity (Wildman–Crippen MR) is 388 cm³/mol. The molecule has 90 heavy (non-hydrogen) atoms. The summed E-state index contributed by atoms with van der Waals surface area (Å²) in [5, 5.41) is 0. The number of rotatable bonds is 0. The highest BCUT2D eigenvalue weighted by Gasteiger charge is 1.89. The number of aromatic nitrogens is 17. The fourth-order valence-electron chi connectivity index (χ4n) is 4.84. The summed E-state index contributed by atoms with van der Waals surface area (Å²) in [7, 11) is 0. The highest BCUT2D eigenvalue weighted by molar-refractivity contribution is 5.12. The van der Waals surface area contributed by atoms with Crippen molar-refractivity contribution in [3.8, 4) is 0 Å². The molecule has 0 saturated carbocycles. The first kappa shape index (κ1) is 101. The first-order valence-electron chi connectivity index (χ1n) is 32.0. The third-order valence-electron chi connectivity index (χ3n) is 8.34. The largest absolute Gasteiger partial charge is 0.262 e. The van der Waals surface area contributed by atoms with Gasteiger partial charge < -0.3 is 0 Å². The van der Waals surface area contributed by atoms with Gasteiger partial charge in [-0.1, -0.05) is 125 Å². The molecule has 0 saturated heterocycles. The Labute approximate surface area is 551 Å². The van der Waals surface area contributed by atoms with E-state index in [-0.39, 0.29) is 0 Å². The Hall–Kier alpha value is -8.21. The molecule has 0 aliphatic rings. The van der Waals surface area contributed by atoms with Crippen LogP contribution in [0.25, 0.3) is 0 Å². The molecule has 0 spiro atoms. The molecule has 0 N–H and O–H groups in total. The van der Waals surface area contributed by atoms with Crippen LogP contribution in [0, 0.1) is 125 Å². The molecular weight excluding hydrogens is 1110 g/mol. The van der Waals surface area contributed by atoms with E-state index in [0.717, 1.165) is 97.1 Å². The van der Waals surface area contributed by atoms with Gasteiger partial charge in [0.1, 0.15) is 29.6 Å². The molecule has 0 aliphatic carbocycles. The van der Waals surface area contributed by atoms with Crippen LogP contribution in [0.15, 0.2) is 117 Å². The van der Waals surface area contributed by atoms with Gasteiger partial charge in [0.05, 0.1) is 34.2 Å². The second-order valence-electron chi connectivity index (χ2n) is 16.3. The van der Waals surface area contributed by atoms with Crippen LogP contribution in [0.2, 0.25) is 0 Å². The predicted octanol–water partition coefficient (Wildman–Crippen LogP) is 19.7. The van der Waals surface area contributed by atoms with Crippen molar-refractivity contribution in [2.75, 3.05) is 0 Å². The molecule has 9 heterocycles. The molecule has 17 nitrogen and oxygen atoms in total. The first-order chi connectivity index (χ1) is 43.1. The molecule has 9 aromatic rings. The minimum Gasteiger partial charge on any atom is -0.262 e. The highest BCUT2D eigenvalue weighted by Crippen LogP contribution is 1.97. The van der Waals surface area contributed by atoms with Crippen LogP contribution in [-0.2, 0) is 0 Å². The Balaban J connectivity index is -0.000000113. The lowest BCUT2D eigenvalue weighted by Crippen LogP contribution is -1.86. The maximum absolute atomic E-state index is 4.11. The van der Waals surface area contributed by atoms with Crippen LogP contribution >= 0.6 is 0 Å². The molecule has 0 bridgehead atoms. The Bertz CT molecular complexity index is 2230. The first-order valence-corrected chi connectivity index (χ1v) is 32.0. The third kappa shape index (κ3) is 74.0. The van der Waals surface area contributed by atoms with Gasteiger partial charge >= 0.3 is 0 Å². The van der Waals surface area contributed by atoms with Gasteiger partial charge in [-0.3, -0.25) is 34.9 Å². The molecule has 0 radical (unpaired) electrons. The monoisotopic (exact) mass is 1240 g/mol. The van der Waals surface area contributed by atoms with E-state index in [4.69, 9.17) is 0 Å². The van der Waals surface area contributed by atoms with Crippen molar-refractivity contribution in [3.05, 3.63) is 220 Å². The van der Waals surface area contributed by atoms with E-state index in [2.05, 4.69) is 97.7 Å². The summed E-state index contributed by atoms with van der Waals surface area (Å²) in [6, 6.07) is 9.76. The molecule has 0 atom stereocenters. The Kier molecular flexibility index (Phi) is 86.1. The second kappa shape index (κ2) is 76.9. The van der Waals surface area contributed by atoms with E-state index in [1.54, 1.807) is 55.9 Å². The molecule has 17 heteroatoms. The summed E-state index contributed by atoms with van der Waals surface area (Å²) in [5.74, 6) is 3.33. The quantitative estimate of drug-likeness (QED) is 0.138. The SMILES string of the molecule is CC.CC.CC.CC.CC.CC.CC.CC.CC.Cc1cc(C)ncn1.Cc1ccnc(C)c1.Cc1ccnc(C)n1.Cc1ccnc(C)n1.Cc1cnc(C)cn1.Cc1cnc(C)cn1.Cc1cnc(C)nc1.Cc1cnc(C)nc1.Cc1cncc(C)n1. The van der Waals surface area contributed by atoms with E-state index in [1.165, 1.54) is 5.56 Å². The van der Waals surface area contributed by atoms with Gasteiger partial charge in [0, 0.05) is 109 Å². The van der Waals surface area contributed by atoms with Crippen LogP contribution in [0.4, 0.5) is 0 Å². The topological polar surface area (TPSA) is 219 Å². The summed E-state index contributed by atoms with van der Waals surface area (Å²) in [6.45, 7) is 70.9. The molecule has 0 aromatic carbocycles. The van der Waals surface area contributed by atoms with Gasteiger partial charge in [0.2, 0.25) is 0 Å². The van der Waals surface area contributed by atoms with Crippen molar-refractivity contribution < 1.29 is 0 Å². The lowest BCUT2D eigenvalue weighted by atomic mass is 10.3. The van der Waals surface area contributed by atoms with Gasteiger partial charge in [-0.25, -0.2) is 49.8 Å². The molecule has 0 amide bonds. The summed E-state index contributed by atoms with van der Waals surface area (Å²) < 4.78 is 0. The third-order valence-corrected chi connectivity index (χ3v) is 8.34. The summed E-state index contributed by atoms with van der Waals surface area (Å²) in [5.41, 5.74) is 14.5. The highest BCUT2D eigenvalue weighted by atomic mass is 14.9. The zero-order valence-corrected chi connectivity index (χ0v) is 63.6. The zero-order valence-electron chi connectivity index (χ0n) is 63.6. The van der Waals surface area contributed by atoms with Crippen molar-refractivity contribution in [1.29, 1.82) is 0 Å². The Morgan fingerprint density at radius 2 is 0.467 bits per heavy atom. The van der Waals surface area contributed by atoms with Crippen LogP contribution in [0.5, 0.6) is 0 Å². The zero-order chi connectivity index (χ0) is 71.8. The average Bonchev–Trinajstić information content (AvgIpc) is 3.56. The average molecular weight is 1240 g/mol. The minimum absolute atomic E-state index is 0.829. The molecule has 9 aromatic heterocycles. The number of aryl methyl sites for hydroxylation is 18. The fourth-order valence-corrected chi connectivity index (χ4v) is 4.84. The normalized spacial score (nSPS) is 8.00.